The molecule has 6 heterocycles. The van der Waals surface area contributed by atoms with Crippen LogP contribution in [0.15, 0.2) is 107 Å². The summed E-state index contributed by atoms with van der Waals surface area (Å²) in [6.07, 6.45) is 11.3. The number of furan rings is 1. The first kappa shape index (κ1) is 20.8. The fourth-order valence-electron chi connectivity index (χ4n) is 4.01. The van der Waals surface area contributed by atoms with E-state index in [1.54, 1.807) is 61.6 Å². The summed E-state index contributed by atoms with van der Waals surface area (Å²) in [7, 11) is 0. The summed E-state index contributed by atoms with van der Waals surface area (Å²) < 4.78 is 7.45. The maximum Gasteiger partial charge on any atom is 0.268 e. The Kier molecular flexibility index (Phi) is 5.28. The summed E-state index contributed by atoms with van der Waals surface area (Å²) in [5.41, 5.74) is 2.37. The third-order valence-electron chi connectivity index (χ3n) is 5.39. The molecule has 6 rings (SSSR count). The Hall–Kier alpha value is -4.76. The zero-order chi connectivity index (χ0) is 23.6. The Morgan fingerprint density at radius 1 is 0.771 bits per heavy atom. The molecular weight excluding hydrogens is 460 g/mol. The summed E-state index contributed by atoms with van der Waals surface area (Å²) in [4.78, 5) is 37.4. The molecule has 0 saturated carbocycles. The van der Waals surface area contributed by atoms with Crippen LogP contribution in [0.5, 0.6) is 0 Å². The van der Waals surface area contributed by atoms with Gasteiger partial charge in [-0.15, -0.1) is 11.3 Å². The molecule has 0 aliphatic heterocycles. The van der Waals surface area contributed by atoms with Crippen LogP contribution in [0.3, 0.4) is 0 Å². The van der Waals surface area contributed by atoms with Gasteiger partial charge in [-0.25, -0.2) is 15.0 Å². The molecule has 0 N–H and O–H groups in total. The van der Waals surface area contributed by atoms with Gasteiger partial charge in [0.1, 0.15) is 17.3 Å². The van der Waals surface area contributed by atoms with Crippen molar-refractivity contribution in [3.05, 3.63) is 108 Å². The van der Waals surface area contributed by atoms with Gasteiger partial charge in [-0.2, -0.15) is 0 Å². The third-order valence-corrected chi connectivity index (χ3v) is 6.27. The monoisotopic (exact) mass is 476 g/mol. The Balaban J connectivity index is 1.89. The van der Waals surface area contributed by atoms with Crippen LogP contribution in [-0.4, -0.2) is 29.5 Å². The number of nitrogens with zero attached hydrogens (tertiary/aromatic N) is 6. The lowest BCUT2D eigenvalue weighted by Crippen LogP contribution is -2.25. The number of hydrogen-bond donors (Lipinski definition) is 0. The molecule has 0 aromatic carbocycles. The molecule has 0 amide bonds. The van der Waals surface area contributed by atoms with E-state index in [2.05, 4.69) is 24.9 Å². The van der Waals surface area contributed by atoms with Gasteiger partial charge in [-0.05, 0) is 41.8 Å². The van der Waals surface area contributed by atoms with Gasteiger partial charge in [0.2, 0.25) is 0 Å². The zero-order valence-corrected chi connectivity index (χ0v) is 19.0. The maximum atomic E-state index is 14.4. The number of rotatable bonds is 5. The fourth-order valence-corrected chi connectivity index (χ4v) is 4.79. The summed E-state index contributed by atoms with van der Waals surface area (Å²) in [5.74, 6) is 1.31. The van der Waals surface area contributed by atoms with E-state index in [1.165, 1.54) is 15.9 Å². The summed E-state index contributed by atoms with van der Waals surface area (Å²) in [5, 5.41) is 1.96. The molecule has 0 atom stereocenters. The molecule has 0 unspecified atom stereocenters. The van der Waals surface area contributed by atoms with Crippen molar-refractivity contribution in [2.75, 3.05) is 0 Å². The van der Waals surface area contributed by atoms with Gasteiger partial charge in [0.25, 0.3) is 5.56 Å². The molecule has 9 heteroatoms. The van der Waals surface area contributed by atoms with Crippen molar-refractivity contribution in [1.82, 2.24) is 29.5 Å². The lowest BCUT2D eigenvalue weighted by molar-refractivity contribution is 0.582. The molecule has 6 aromatic rings. The van der Waals surface area contributed by atoms with Crippen LogP contribution in [0, 0.1) is 0 Å². The minimum absolute atomic E-state index is 0.309. The van der Waals surface area contributed by atoms with Crippen molar-refractivity contribution < 1.29 is 4.42 Å². The van der Waals surface area contributed by atoms with Gasteiger partial charge < -0.3 is 4.42 Å². The SMILES string of the molecule is O=c1c(-c2ncccn2)c(-c2cccs2)c(-c2ccco2)c(-c2cnccn2)n1-c1ccccn1. The van der Waals surface area contributed by atoms with Crippen molar-refractivity contribution in [2.45, 2.75) is 0 Å². The molecule has 0 bridgehead atoms. The Morgan fingerprint density at radius 2 is 1.66 bits per heavy atom. The Labute approximate surface area is 203 Å². The summed E-state index contributed by atoms with van der Waals surface area (Å²) in [6, 6.07) is 14.7. The predicted molar refractivity (Wildman–Crippen MR) is 133 cm³/mol. The standard InChI is InChI=1S/C26H16N6O2S/c33-26-23(25-30-10-5-11-31-25)22(19-7-4-15-35-19)21(18-6-3-14-34-18)24(17-16-27-12-13-28-17)32(26)20-8-1-2-9-29-20/h1-16H. The van der Waals surface area contributed by atoms with Crippen molar-refractivity contribution in [1.29, 1.82) is 0 Å². The molecule has 0 fully saturated rings. The van der Waals surface area contributed by atoms with Crippen molar-refractivity contribution in [3.63, 3.8) is 0 Å². The average molecular weight is 477 g/mol. The highest BCUT2D eigenvalue weighted by molar-refractivity contribution is 7.13. The van der Waals surface area contributed by atoms with E-state index in [-0.39, 0.29) is 5.56 Å². The fraction of sp³-hybridized carbons (Fsp3) is 0. The Morgan fingerprint density at radius 3 is 2.34 bits per heavy atom. The highest BCUT2D eigenvalue weighted by Gasteiger charge is 2.30. The van der Waals surface area contributed by atoms with Crippen LogP contribution in [0.25, 0.3) is 50.4 Å². The highest BCUT2D eigenvalue weighted by Crippen LogP contribution is 2.44. The second-order valence-corrected chi connectivity index (χ2v) is 8.37. The third kappa shape index (κ3) is 3.64. The molecule has 6 aromatic heterocycles. The molecule has 0 aliphatic rings. The Bertz CT molecular complexity index is 1630. The predicted octanol–water partition coefficient (Wildman–Crippen LogP) is 5.14. The van der Waals surface area contributed by atoms with Crippen LogP contribution in [0.2, 0.25) is 0 Å². The van der Waals surface area contributed by atoms with Crippen LogP contribution < -0.4 is 5.56 Å². The van der Waals surface area contributed by atoms with Crippen LogP contribution in [0.1, 0.15) is 0 Å². The smallest absolute Gasteiger partial charge is 0.268 e. The van der Waals surface area contributed by atoms with Crippen molar-refractivity contribution in [2.24, 2.45) is 0 Å². The lowest BCUT2D eigenvalue weighted by atomic mass is 9.94. The van der Waals surface area contributed by atoms with Gasteiger partial charge in [0.15, 0.2) is 5.82 Å². The van der Waals surface area contributed by atoms with E-state index in [1.807, 2.05) is 35.7 Å². The van der Waals surface area contributed by atoms with Gasteiger partial charge in [0.05, 0.1) is 29.3 Å². The number of aromatic nitrogens is 6. The normalized spacial score (nSPS) is 11.0. The number of hydrogen-bond acceptors (Lipinski definition) is 8. The first-order chi connectivity index (χ1) is 17.3. The highest BCUT2D eigenvalue weighted by atomic mass is 32.1. The zero-order valence-electron chi connectivity index (χ0n) is 18.1. The van der Waals surface area contributed by atoms with E-state index in [4.69, 9.17) is 4.42 Å². The molecule has 35 heavy (non-hydrogen) atoms. The van der Waals surface area contributed by atoms with Crippen LogP contribution >= 0.6 is 11.3 Å². The van der Waals surface area contributed by atoms with Gasteiger partial charge >= 0.3 is 0 Å². The quantitative estimate of drug-likeness (QED) is 0.340. The first-order valence-corrected chi connectivity index (χ1v) is 11.6. The van der Waals surface area contributed by atoms with Crippen LogP contribution in [-0.2, 0) is 0 Å². The number of thiophene rings is 1. The van der Waals surface area contributed by atoms with Crippen molar-refractivity contribution >= 4 is 11.3 Å². The summed E-state index contributed by atoms with van der Waals surface area (Å²) in [6.45, 7) is 0. The lowest BCUT2D eigenvalue weighted by Gasteiger charge is -2.21. The topological polar surface area (TPSA) is 99.6 Å². The molecule has 0 saturated heterocycles. The second kappa shape index (κ2) is 8.88. The molecule has 168 valence electrons. The first-order valence-electron chi connectivity index (χ1n) is 10.7. The van der Waals surface area contributed by atoms with Gasteiger partial charge in [0, 0.05) is 41.4 Å². The molecule has 0 radical (unpaired) electrons. The minimum Gasteiger partial charge on any atom is -0.464 e. The second-order valence-electron chi connectivity index (χ2n) is 7.42. The summed E-state index contributed by atoms with van der Waals surface area (Å²) >= 11 is 1.51. The maximum absolute atomic E-state index is 14.4. The van der Waals surface area contributed by atoms with Crippen LogP contribution in [0.4, 0.5) is 0 Å². The van der Waals surface area contributed by atoms with E-state index in [9.17, 15) is 4.79 Å². The van der Waals surface area contributed by atoms with E-state index in [0.29, 0.717) is 45.5 Å². The van der Waals surface area contributed by atoms with Gasteiger partial charge in [-0.3, -0.25) is 19.3 Å². The number of pyridine rings is 2. The average Bonchev–Trinajstić information content (AvgIpc) is 3.64. The molecule has 0 spiro atoms. The minimum atomic E-state index is -0.325. The molecule has 8 nitrogen and oxygen atoms in total. The van der Waals surface area contributed by atoms with E-state index in [0.717, 1.165) is 4.88 Å². The van der Waals surface area contributed by atoms with E-state index >= 15 is 0 Å². The van der Waals surface area contributed by atoms with Crippen molar-refractivity contribution in [3.8, 4) is 50.4 Å². The largest absolute Gasteiger partial charge is 0.464 e. The molecule has 0 aliphatic carbocycles. The van der Waals surface area contributed by atoms with Gasteiger partial charge in [-0.1, -0.05) is 12.1 Å². The molecular formula is C26H16N6O2S. The van der Waals surface area contributed by atoms with E-state index < -0.39 is 0 Å².